The Kier molecular flexibility index (Phi) is 11.4. The highest BCUT2D eigenvalue weighted by atomic mass is 16.5. The van der Waals surface area contributed by atoms with Crippen LogP contribution >= 0.6 is 0 Å². The van der Waals surface area contributed by atoms with Crippen LogP contribution in [0.3, 0.4) is 0 Å². The van der Waals surface area contributed by atoms with E-state index in [1.807, 2.05) is 85.8 Å². The molecule has 0 saturated heterocycles. The molecule has 4 N–H and O–H groups in total. The molecule has 0 aliphatic rings. The number of ether oxygens (including phenoxy) is 1. The molecular weight excluding hydrogens is 542 g/mol. The highest BCUT2D eigenvalue weighted by Gasteiger charge is 2.30. The summed E-state index contributed by atoms with van der Waals surface area (Å²) in [5.41, 5.74) is 9.70. The number of benzene rings is 3. The van der Waals surface area contributed by atoms with Gasteiger partial charge in [0.1, 0.15) is 11.8 Å². The lowest BCUT2D eigenvalue weighted by Gasteiger charge is -2.27. The number of pyridine rings is 1. The Morgan fingerprint density at radius 3 is 2.14 bits per heavy atom. The van der Waals surface area contributed by atoms with Crippen LogP contribution in [0.1, 0.15) is 39.5 Å². The van der Waals surface area contributed by atoms with Gasteiger partial charge in [0.25, 0.3) is 11.8 Å². The van der Waals surface area contributed by atoms with Crippen molar-refractivity contribution in [1.29, 1.82) is 0 Å². The van der Waals surface area contributed by atoms with Crippen molar-refractivity contribution in [2.45, 2.75) is 38.9 Å². The molecule has 0 unspecified atom stereocenters. The Morgan fingerprint density at radius 1 is 0.837 bits per heavy atom. The predicted molar refractivity (Wildman–Crippen MR) is 165 cm³/mol. The number of nitrogens with zero attached hydrogens (tertiary/aromatic N) is 2. The maximum absolute atomic E-state index is 14.1. The fourth-order valence-corrected chi connectivity index (χ4v) is 4.52. The van der Waals surface area contributed by atoms with Crippen LogP contribution in [0.15, 0.2) is 103 Å². The molecule has 222 valence electrons. The second kappa shape index (κ2) is 15.8. The maximum Gasteiger partial charge on any atom is 0.324 e. The van der Waals surface area contributed by atoms with Gasteiger partial charge < -0.3 is 21.1 Å². The lowest BCUT2D eigenvalue weighted by molar-refractivity contribution is -0.130. The number of urea groups is 1. The van der Waals surface area contributed by atoms with Gasteiger partial charge in [0.15, 0.2) is 0 Å². The largest absolute Gasteiger partial charge is 0.494 e. The molecule has 1 aromatic heterocycles. The van der Waals surface area contributed by atoms with Crippen LogP contribution in [-0.2, 0) is 30.7 Å². The second-order valence-corrected chi connectivity index (χ2v) is 9.95. The van der Waals surface area contributed by atoms with Gasteiger partial charge in [-0.3, -0.25) is 19.5 Å². The Bertz CT molecular complexity index is 1460. The molecule has 0 saturated carbocycles. The number of nitrogens with two attached hydrogens (primary N) is 1. The summed E-state index contributed by atoms with van der Waals surface area (Å²) in [6.07, 6.45) is 3.66. The number of hydrogen-bond donors (Lipinski definition) is 3. The van der Waals surface area contributed by atoms with E-state index in [1.165, 1.54) is 17.3 Å². The monoisotopic (exact) mass is 579 g/mol. The van der Waals surface area contributed by atoms with Gasteiger partial charge in [0.2, 0.25) is 0 Å². The molecule has 3 aromatic carbocycles. The van der Waals surface area contributed by atoms with Gasteiger partial charge in [0, 0.05) is 44.0 Å². The fourth-order valence-electron chi connectivity index (χ4n) is 4.52. The average molecular weight is 580 g/mol. The third-order valence-electron chi connectivity index (χ3n) is 6.90. The van der Waals surface area contributed by atoms with Crippen molar-refractivity contribution in [3.63, 3.8) is 0 Å². The quantitative estimate of drug-likeness (QED) is 0.217. The SMILES string of the molecule is CCOc1ccc(C[C@@H](NC(=O)c2ccncc2)C(=O)N(CCc2ccccc2)C(=O)NCc2ccc(CN)cc2)cc1. The molecule has 4 rings (SSSR count). The Balaban J connectivity index is 1.58. The van der Waals surface area contributed by atoms with Crippen LogP contribution in [0.4, 0.5) is 4.79 Å². The van der Waals surface area contributed by atoms with Crippen LogP contribution in [0.5, 0.6) is 5.75 Å². The first-order chi connectivity index (χ1) is 21.0. The summed E-state index contributed by atoms with van der Waals surface area (Å²) < 4.78 is 5.55. The average Bonchev–Trinajstić information content (AvgIpc) is 3.05. The van der Waals surface area contributed by atoms with Crippen molar-refractivity contribution >= 4 is 17.8 Å². The van der Waals surface area contributed by atoms with E-state index >= 15 is 0 Å². The van der Waals surface area contributed by atoms with E-state index < -0.39 is 23.9 Å². The van der Waals surface area contributed by atoms with Gasteiger partial charge in [-0.05, 0) is 59.9 Å². The minimum atomic E-state index is -1.01. The molecule has 9 heteroatoms. The zero-order valence-corrected chi connectivity index (χ0v) is 24.2. The minimum Gasteiger partial charge on any atom is -0.494 e. The topological polar surface area (TPSA) is 127 Å². The van der Waals surface area contributed by atoms with E-state index in [1.54, 1.807) is 12.1 Å². The fraction of sp³-hybridized carbons (Fsp3) is 0.235. The molecule has 0 radical (unpaired) electrons. The summed E-state index contributed by atoms with van der Waals surface area (Å²) in [4.78, 5) is 46.0. The number of rotatable bonds is 13. The Morgan fingerprint density at radius 2 is 1.49 bits per heavy atom. The predicted octanol–water partition coefficient (Wildman–Crippen LogP) is 4.26. The molecule has 4 aromatic rings. The van der Waals surface area contributed by atoms with E-state index in [4.69, 9.17) is 10.5 Å². The zero-order valence-electron chi connectivity index (χ0n) is 24.2. The number of nitrogens with one attached hydrogen (secondary N) is 2. The number of carbonyl (C=O) groups excluding carboxylic acids is 3. The van der Waals surface area contributed by atoms with Crippen molar-refractivity contribution < 1.29 is 19.1 Å². The lowest BCUT2D eigenvalue weighted by Crippen LogP contribution is -2.54. The van der Waals surface area contributed by atoms with Crippen molar-refractivity contribution in [2.24, 2.45) is 5.73 Å². The number of amides is 4. The van der Waals surface area contributed by atoms with Gasteiger partial charge in [-0.15, -0.1) is 0 Å². The molecule has 43 heavy (non-hydrogen) atoms. The molecule has 0 aliphatic heterocycles. The van der Waals surface area contributed by atoms with Gasteiger partial charge >= 0.3 is 6.03 Å². The molecule has 1 atom stereocenters. The summed E-state index contributed by atoms with van der Waals surface area (Å²) in [5.74, 6) is -0.239. The first-order valence-corrected chi connectivity index (χ1v) is 14.3. The molecular formula is C34H37N5O4. The zero-order chi connectivity index (χ0) is 30.4. The van der Waals surface area contributed by atoms with Crippen molar-refractivity contribution in [1.82, 2.24) is 20.5 Å². The number of aromatic nitrogens is 1. The molecule has 0 spiro atoms. The van der Waals surface area contributed by atoms with E-state index in [2.05, 4.69) is 15.6 Å². The third-order valence-corrected chi connectivity index (χ3v) is 6.90. The van der Waals surface area contributed by atoms with Crippen LogP contribution in [0.2, 0.25) is 0 Å². The Hall–Kier alpha value is -5.02. The number of carbonyl (C=O) groups is 3. The summed E-state index contributed by atoms with van der Waals surface area (Å²) in [7, 11) is 0. The molecule has 1 heterocycles. The van der Waals surface area contributed by atoms with Crippen LogP contribution in [0.25, 0.3) is 0 Å². The number of imide groups is 1. The molecule has 0 bridgehead atoms. The lowest BCUT2D eigenvalue weighted by atomic mass is 10.0. The highest BCUT2D eigenvalue weighted by Crippen LogP contribution is 2.15. The standard InChI is InChI=1S/C34H37N5O4/c1-2-43-30-14-12-26(13-15-30)22-31(38-32(40)29-16-19-36-20-17-29)33(41)39(21-18-25-6-4-3-5-7-25)34(42)37-24-28-10-8-27(23-35)9-11-28/h3-17,19-20,31H,2,18,21-24,35H2,1H3,(H,37,42)(H,38,40)/t31-/m1/s1. The molecule has 4 amide bonds. The summed E-state index contributed by atoms with van der Waals surface area (Å²) in [6.45, 7) is 3.22. The first-order valence-electron chi connectivity index (χ1n) is 14.3. The number of hydrogen-bond acceptors (Lipinski definition) is 6. The second-order valence-electron chi connectivity index (χ2n) is 9.95. The van der Waals surface area contributed by atoms with Gasteiger partial charge in [-0.2, -0.15) is 0 Å². The van der Waals surface area contributed by atoms with Gasteiger partial charge in [-0.1, -0.05) is 66.7 Å². The van der Waals surface area contributed by atoms with Crippen LogP contribution in [0, 0.1) is 0 Å². The summed E-state index contributed by atoms with van der Waals surface area (Å²) in [5, 5.41) is 5.74. The molecule has 0 fully saturated rings. The van der Waals surface area contributed by atoms with Gasteiger partial charge in [0.05, 0.1) is 6.61 Å². The molecule has 9 nitrogen and oxygen atoms in total. The van der Waals surface area contributed by atoms with Crippen LogP contribution < -0.4 is 21.1 Å². The normalized spacial score (nSPS) is 11.3. The van der Waals surface area contributed by atoms with E-state index in [0.717, 1.165) is 22.3 Å². The van der Waals surface area contributed by atoms with Crippen molar-refractivity contribution in [3.8, 4) is 5.75 Å². The summed E-state index contributed by atoms with van der Waals surface area (Å²) >= 11 is 0. The van der Waals surface area contributed by atoms with Crippen molar-refractivity contribution in [2.75, 3.05) is 13.2 Å². The van der Waals surface area contributed by atoms with Crippen LogP contribution in [-0.4, -0.2) is 46.9 Å². The Labute approximate surface area is 252 Å². The van der Waals surface area contributed by atoms with E-state index in [-0.39, 0.29) is 19.5 Å². The van der Waals surface area contributed by atoms with Gasteiger partial charge in [-0.25, -0.2) is 4.79 Å². The van der Waals surface area contributed by atoms with Crippen molar-refractivity contribution in [3.05, 3.63) is 131 Å². The first kappa shape index (κ1) is 30.9. The highest BCUT2D eigenvalue weighted by molar-refractivity contribution is 6.01. The minimum absolute atomic E-state index is 0.131. The molecule has 0 aliphatic carbocycles. The smallest absolute Gasteiger partial charge is 0.324 e. The van der Waals surface area contributed by atoms with E-state index in [9.17, 15) is 14.4 Å². The third kappa shape index (κ3) is 9.24. The maximum atomic E-state index is 14.1. The summed E-state index contributed by atoms with van der Waals surface area (Å²) in [6, 6.07) is 26.2. The van der Waals surface area contributed by atoms with E-state index in [0.29, 0.717) is 30.9 Å².